The average molecular weight is 243 g/mol. The van der Waals surface area contributed by atoms with Gasteiger partial charge in [0.25, 0.3) is 0 Å². The van der Waals surface area contributed by atoms with Crippen LogP contribution in [0, 0.1) is 0 Å². The molecule has 0 saturated carbocycles. The van der Waals surface area contributed by atoms with Gasteiger partial charge in [0.05, 0.1) is 13.2 Å². The zero-order valence-electron chi connectivity index (χ0n) is 8.95. The first kappa shape index (κ1) is 12.7. The smallest absolute Gasteiger partial charge is 0.223 e. The third-order valence-corrected chi connectivity index (χ3v) is 1.92. The fraction of sp³-hybridized carbons (Fsp3) is 0.400. The maximum atomic E-state index is 5.72. The Labute approximate surface area is 99.7 Å². The molecule has 0 amide bonds. The quantitative estimate of drug-likeness (QED) is 0.433. The molecule has 0 aliphatic carbocycles. The standard InChI is InChI=1S/C10H15ClN4O/c1-2-3-5-16-6-4-13-9-7-8(11)14-10(12)15-9/h2,7H,1,3-6H2,(H3,12,13,14,15). The van der Waals surface area contributed by atoms with Crippen molar-refractivity contribution in [3.8, 4) is 0 Å². The monoisotopic (exact) mass is 242 g/mol. The molecule has 0 bridgehead atoms. The zero-order valence-corrected chi connectivity index (χ0v) is 9.70. The Morgan fingerprint density at radius 2 is 2.31 bits per heavy atom. The summed E-state index contributed by atoms with van der Waals surface area (Å²) < 4.78 is 5.31. The van der Waals surface area contributed by atoms with Crippen LogP contribution in [0.5, 0.6) is 0 Å². The molecule has 1 aromatic rings. The number of hydrogen-bond donors (Lipinski definition) is 2. The molecule has 0 unspecified atom stereocenters. The molecule has 88 valence electrons. The lowest BCUT2D eigenvalue weighted by Gasteiger charge is -2.06. The highest BCUT2D eigenvalue weighted by Gasteiger charge is 1.99. The van der Waals surface area contributed by atoms with Crippen molar-refractivity contribution in [3.63, 3.8) is 0 Å². The second-order valence-electron chi connectivity index (χ2n) is 3.05. The van der Waals surface area contributed by atoms with E-state index in [9.17, 15) is 0 Å². The van der Waals surface area contributed by atoms with Gasteiger partial charge < -0.3 is 15.8 Å². The number of rotatable bonds is 7. The number of nitrogens with zero attached hydrogens (tertiary/aromatic N) is 2. The molecule has 16 heavy (non-hydrogen) atoms. The molecule has 0 radical (unpaired) electrons. The molecule has 1 heterocycles. The number of ether oxygens (including phenoxy) is 1. The van der Waals surface area contributed by atoms with E-state index in [1.165, 1.54) is 0 Å². The largest absolute Gasteiger partial charge is 0.379 e. The molecule has 5 nitrogen and oxygen atoms in total. The van der Waals surface area contributed by atoms with Crippen molar-refractivity contribution in [2.75, 3.05) is 30.8 Å². The summed E-state index contributed by atoms with van der Waals surface area (Å²) in [6.07, 6.45) is 2.67. The minimum Gasteiger partial charge on any atom is -0.379 e. The van der Waals surface area contributed by atoms with Crippen molar-refractivity contribution in [1.82, 2.24) is 9.97 Å². The highest BCUT2D eigenvalue weighted by atomic mass is 35.5. The Balaban J connectivity index is 2.23. The van der Waals surface area contributed by atoms with Crippen molar-refractivity contribution in [2.45, 2.75) is 6.42 Å². The minimum atomic E-state index is 0.155. The molecule has 6 heteroatoms. The lowest BCUT2D eigenvalue weighted by atomic mass is 10.4. The van der Waals surface area contributed by atoms with Gasteiger partial charge in [-0.25, -0.2) is 4.98 Å². The highest BCUT2D eigenvalue weighted by Crippen LogP contribution is 2.11. The Hall–Kier alpha value is -1.33. The predicted molar refractivity (Wildman–Crippen MR) is 65.6 cm³/mol. The average Bonchev–Trinajstić information content (AvgIpc) is 2.22. The first-order chi connectivity index (χ1) is 7.72. The number of halogens is 1. The Kier molecular flexibility index (Phi) is 5.60. The highest BCUT2D eigenvalue weighted by molar-refractivity contribution is 6.29. The van der Waals surface area contributed by atoms with Gasteiger partial charge in [-0.1, -0.05) is 17.7 Å². The van der Waals surface area contributed by atoms with E-state index in [4.69, 9.17) is 22.1 Å². The van der Waals surface area contributed by atoms with Crippen molar-refractivity contribution in [1.29, 1.82) is 0 Å². The van der Waals surface area contributed by atoms with E-state index in [1.807, 2.05) is 6.08 Å². The summed E-state index contributed by atoms with van der Waals surface area (Å²) in [4.78, 5) is 7.72. The molecule has 0 saturated heterocycles. The summed E-state index contributed by atoms with van der Waals surface area (Å²) in [6.45, 7) is 5.52. The molecule has 1 rings (SSSR count). The summed E-state index contributed by atoms with van der Waals surface area (Å²) >= 11 is 5.72. The lowest BCUT2D eigenvalue weighted by Crippen LogP contribution is -2.11. The van der Waals surface area contributed by atoms with Crippen molar-refractivity contribution >= 4 is 23.4 Å². The first-order valence-corrected chi connectivity index (χ1v) is 5.32. The predicted octanol–water partition coefficient (Wildman–Crippen LogP) is 1.72. The fourth-order valence-corrected chi connectivity index (χ4v) is 1.24. The summed E-state index contributed by atoms with van der Waals surface area (Å²) in [5.74, 6) is 0.757. The van der Waals surface area contributed by atoms with Gasteiger partial charge in [-0.2, -0.15) is 4.98 Å². The number of hydrogen-bond acceptors (Lipinski definition) is 5. The van der Waals surface area contributed by atoms with Crippen LogP contribution in [0.3, 0.4) is 0 Å². The van der Waals surface area contributed by atoms with Crippen LogP contribution in [0.15, 0.2) is 18.7 Å². The molecule has 0 aliphatic heterocycles. The van der Waals surface area contributed by atoms with E-state index < -0.39 is 0 Å². The van der Waals surface area contributed by atoms with Crippen LogP contribution in [-0.4, -0.2) is 29.7 Å². The third-order valence-electron chi connectivity index (χ3n) is 1.73. The van der Waals surface area contributed by atoms with Crippen LogP contribution in [0.2, 0.25) is 5.15 Å². The molecule has 3 N–H and O–H groups in total. The second kappa shape index (κ2) is 7.03. The summed E-state index contributed by atoms with van der Waals surface area (Å²) in [5.41, 5.74) is 5.44. The molecular formula is C10H15ClN4O. The van der Waals surface area contributed by atoms with E-state index >= 15 is 0 Å². The van der Waals surface area contributed by atoms with E-state index in [2.05, 4.69) is 21.9 Å². The fourth-order valence-electron chi connectivity index (χ4n) is 1.05. The maximum Gasteiger partial charge on any atom is 0.223 e. The first-order valence-electron chi connectivity index (χ1n) is 4.95. The Morgan fingerprint density at radius 3 is 3.00 bits per heavy atom. The van der Waals surface area contributed by atoms with Gasteiger partial charge in [-0.05, 0) is 6.42 Å². The molecule has 0 fully saturated rings. The SMILES string of the molecule is C=CCCOCCNc1cc(Cl)nc(N)n1. The van der Waals surface area contributed by atoms with Gasteiger partial charge in [0, 0.05) is 12.6 Å². The van der Waals surface area contributed by atoms with Crippen LogP contribution in [0.4, 0.5) is 11.8 Å². The van der Waals surface area contributed by atoms with Crippen LogP contribution < -0.4 is 11.1 Å². The van der Waals surface area contributed by atoms with Crippen molar-refractivity contribution in [2.24, 2.45) is 0 Å². The topological polar surface area (TPSA) is 73.1 Å². The van der Waals surface area contributed by atoms with Gasteiger partial charge in [0.15, 0.2) is 0 Å². The number of aromatic nitrogens is 2. The van der Waals surface area contributed by atoms with Gasteiger partial charge in [0.1, 0.15) is 11.0 Å². The summed E-state index contributed by atoms with van der Waals surface area (Å²) in [6, 6.07) is 1.61. The van der Waals surface area contributed by atoms with Gasteiger partial charge in [0.2, 0.25) is 5.95 Å². The Bertz CT molecular complexity index is 325. The molecule has 0 aliphatic rings. The summed E-state index contributed by atoms with van der Waals surface area (Å²) in [7, 11) is 0. The number of nitrogens with one attached hydrogen (secondary N) is 1. The maximum absolute atomic E-state index is 5.72. The zero-order chi connectivity index (χ0) is 11.8. The molecule has 1 aromatic heterocycles. The van der Waals surface area contributed by atoms with E-state index in [0.29, 0.717) is 30.7 Å². The Morgan fingerprint density at radius 1 is 1.50 bits per heavy atom. The van der Waals surface area contributed by atoms with Crippen LogP contribution >= 0.6 is 11.6 Å². The second-order valence-corrected chi connectivity index (χ2v) is 3.44. The molecule has 0 aromatic carbocycles. The van der Waals surface area contributed by atoms with E-state index in [1.54, 1.807) is 6.07 Å². The van der Waals surface area contributed by atoms with Gasteiger partial charge >= 0.3 is 0 Å². The van der Waals surface area contributed by atoms with Crippen LogP contribution in [-0.2, 0) is 4.74 Å². The summed E-state index contributed by atoms with van der Waals surface area (Å²) in [5, 5.41) is 3.36. The van der Waals surface area contributed by atoms with E-state index in [0.717, 1.165) is 6.42 Å². The van der Waals surface area contributed by atoms with Gasteiger partial charge in [-0.3, -0.25) is 0 Å². The van der Waals surface area contributed by atoms with Crippen molar-refractivity contribution in [3.05, 3.63) is 23.9 Å². The van der Waals surface area contributed by atoms with E-state index in [-0.39, 0.29) is 5.95 Å². The number of nitrogens with two attached hydrogens (primary N) is 1. The minimum absolute atomic E-state index is 0.155. The van der Waals surface area contributed by atoms with Crippen LogP contribution in [0.25, 0.3) is 0 Å². The third kappa shape index (κ3) is 4.95. The van der Waals surface area contributed by atoms with Crippen molar-refractivity contribution < 1.29 is 4.74 Å². The number of anilines is 2. The number of nitrogen functional groups attached to an aromatic ring is 1. The molecule has 0 spiro atoms. The normalized spacial score (nSPS) is 10.1. The molecule has 0 atom stereocenters. The van der Waals surface area contributed by atoms with Crippen LogP contribution in [0.1, 0.15) is 6.42 Å². The molecular weight excluding hydrogens is 228 g/mol. The lowest BCUT2D eigenvalue weighted by molar-refractivity contribution is 0.149. The van der Waals surface area contributed by atoms with Gasteiger partial charge in [-0.15, -0.1) is 6.58 Å².